The second kappa shape index (κ2) is 9.61. The zero-order valence-electron chi connectivity index (χ0n) is 19.8. The van der Waals surface area contributed by atoms with Crippen molar-refractivity contribution in [2.75, 3.05) is 0 Å². The van der Waals surface area contributed by atoms with Gasteiger partial charge in [-0.05, 0) is 42.0 Å². The largest absolute Gasteiger partial charge is 0.416 e. The van der Waals surface area contributed by atoms with Gasteiger partial charge in [-0.1, -0.05) is 23.7 Å². The molecule has 3 aromatic carbocycles. The van der Waals surface area contributed by atoms with Crippen LogP contribution >= 0.6 is 41.2 Å². The van der Waals surface area contributed by atoms with Crippen molar-refractivity contribution >= 4 is 57.6 Å². The predicted molar refractivity (Wildman–Crippen MR) is 138 cm³/mol. The highest BCUT2D eigenvalue weighted by Crippen LogP contribution is 3.04. The van der Waals surface area contributed by atoms with Crippen molar-refractivity contribution in [3.05, 3.63) is 110 Å². The maximum absolute atomic E-state index is 14.3. The molecular formula is C21H13Cl2F11N2O4S2. The maximum Gasteiger partial charge on any atom is 0.416 e. The normalized spacial score (nSPS) is 16.1. The third-order valence-corrected chi connectivity index (χ3v) is 8.98. The first-order valence-corrected chi connectivity index (χ1v) is 15.6. The van der Waals surface area contributed by atoms with Crippen molar-refractivity contribution in [3.8, 4) is 0 Å². The number of halogens is 13. The molecule has 3 aromatic rings. The van der Waals surface area contributed by atoms with E-state index in [2.05, 4.69) is 10.7 Å². The summed E-state index contributed by atoms with van der Waals surface area (Å²) < 4.78 is 145. The maximum atomic E-state index is 14.3. The average molecular weight is 701 g/mol. The number of hydrogen-bond donors (Lipinski definition) is 0. The van der Waals surface area contributed by atoms with Gasteiger partial charge in [0.15, 0.2) is 0 Å². The lowest BCUT2D eigenvalue weighted by atomic mass is 10.1. The zero-order valence-corrected chi connectivity index (χ0v) is 22.9. The van der Waals surface area contributed by atoms with Crippen LogP contribution in [0.1, 0.15) is 11.1 Å². The molecule has 0 fully saturated rings. The molecule has 0 aliphatic carbocycles. The molecule has 6 nitrogen and oxygen atoms in total. The van der Waals surface area contributed by atoms with Crippen molar-refractivity contribution in [2.45, 2.75) is 16.0 Å². The van der Waals surface area contributed by atoms with Gasteiger partial charge in [-0.15, -0.1) is 31.1 Å². The molecule has 0 amide bonds. The van der Waals surface area contributed by atoms with E-state index in [4.69, 9.17) is 11.6 Å². The average Bonchev–Trinajstić information content (AvgIpc) is 2.82. The molecule has 42 heavy (non-hydrogen) atoms. The smallest absolute Gasteiger partial charge is 0.258 e. The highest BCUT2D eigenvalue weighted by molar-refractivity contribution is 8.65. The van der Waals surface area contributed by atoms with Crippen LogP contribution in [0, 0.1) is 20.2 Å². The lowest BCUT2D eigenvalue weighted by Crippen LogP contribution is -2.11. The van der Waals surface area contributed by atoms with Gasteiger partial charge in [0.1, 0.15) is 0 Å². The van der Waals surface area contributed by atoms with Crippen molar-refractivity contribution in [1.29, 1.82) is 0 Å². The fraction of sp³-hybridized carbons (Fsp3) is 0.0476. The van der Waals surface area contributed by atoms with Gasteiger partial charge in [0.05, 0.1) is 35.6 Å². The van der Waals surface area contributed by atoms with E-state index in [-0.39, 0.29) is 24.3 Å². The molecule has 0 radical (unpaired) electrons. The molecule has 3 rings (SSSR count). The number of benzene rings is 3. The van der Waals surface area contributed by atoms with Crippen molar-refractivity contribution in [3.63, 3.8) is 0 Å². The van der Waals surface area contributed by atoms with Gasteiger partial charge in [-0.2, -0.15) is 13.2 Å². The van der Waals surface area contributed by atoms with Crippen LogP contribution < -0.4 is 0 Å². The number of nitro benzene ring substituents is 2. The van der Waals surface area contributed by atoms with Gasteiger partial charge in [0, 0.05) is 34.9 Å². The van der Waals surface area contributed by atoms with Crippen molar-refractivity contribution in [1.82, 2.24) is 0 Å². The molecule has 0 aliphatic heterocycles. The summed E-state index contributed by atoms with van der Waals surface area (Å²) in [5.74, 6) is 0. The van der Waals surface area contributed by atoms with Gasteiger partial charge in [0.2, 0.25) is 9.84 Å². The van der Waals surface area contributed by atoms with Crippen LogP contribution in [0.4, 0.5) is 55.6 Å². The van der Waals surface area contributed by atoms with E-state index >= 15 is 0 Å². The number of hydrogen-bond acceptors (Lipinski definition) is 4. The summed E-state index contributed by atoms with van der Waals surface area (Å²) in [5.41, 5.74) is -2.84. The Balaban J connectivity index is 0.000000347. The van der Waals surface area contributed by atoms with Gasteiger partial charge in [-0.25, -0.2) is 0 Å². The predicted octanol–water partition coefficient (Wildman–Crippen LogP) is 12.1. The Morgan fingerprint density at radius 2 is 1.02 bits per heavy atom. The fourth-order valence-corrected chi connectivity index (χ4v) is 5.86. The van der Waals surface area contributed by atoms with E-state index in [0.29, 0.717) is 48.5 Å². The summed E-state index contributed by atoms with van der Waals surface area (Å²) in [5, 5.41) is 18.7. The Labute approximate surface area is 237 Å². The van der Waals surface area contributed by atoms with Crippen LogP contribution in [-0.2, 0) is 6.18 Å². The first-order chi connectivity index (χ1) is 18.4. The second-order valence-corrected chi connectivity index (χ2v) is 15.8. The number of non-ortho nitro benzene ring substituents is 2. The summed E-state index contributed by atoms with van der Waals surface area (Å²) in [7, 11) is -13.9. The summed E-state index contributed by atoms with van der Waals surface area (Å²) in [6.07, 6.45) is -4.70. The molecule has 0 saturated heterocycles. The number of nitro groups is 2. The van der Waals surface area contributed by atoms with E-state index in [9.17, 15) is 64.5 Å². The van der Waals surface area contributed by atoms with Crippen LogP contribution in [0.2, 0.25) is 0 Å². The Kier molecular flexibility index (Phi) is 7.99. The fourth-order valence-electron chi connectivity index (χ4n) is 2.84. The Morgan fingerprint density at radius 1 is 0.667 bits per heavy atom. The first-order valence-electron chi connectivity index (χ1n) is 10.2. The summed E-state index contributed by atoms with van der Waals surface area (Å²) >= 11 is 5.51. The molecule has 0 saturated carbocycles. The highest BCUT2D eigenvalue weighted by Gasteiger charge is 2.63. The summed E-state index contributed by atoms with van der Waals surface area (Å²) in [6, 6.07) is 5.28. The first kappa shape index (κ1) is 34.9. The molecule has 0 aliphatic rings. The molecule has 0 spiro atoms. The lowest BCUT2D eigenvalue weighted by molar-refractivity contribution is -0.385. The molecular weight excluding hydrogens is 688 g/mol. The van der Waals surface area contributed by atoms with E-state index in [1.165, 1.54) is 0 Å². The minimum Gasteiger partial charge on any atom is -0.258 e. The zero-order chi connectivity index (χ0) is 32.7. The number of alkyl halides is 3. The molecule has 0 N–H and O–H groups in total. The Morgan fingerprint density at radius 3 is 1.33 bits per heavy atom. The van der Waals surface area contributed by atoms with Crippen LogP contribution in [0.5, 0.6) is 0 Å². The third kappa shape index (κ3) is 9.10. The SMILES string of the molecule is O=[N+]([O-])c1ccc(S(F)(F)(F)(F)/C=C(/Cl)c2ccc(C(F)(F)F)cc2)cc1.O=[N+]([O-])c1ccc(S(F)(F)(F)(F)Cl)cc1. The van der Waals surface area contributed by atoms with E-state index in [0.717, 1.165) is 0 Å². The molecule has 0 aromatic heterocycles. The second-order valence-electron chi connectivity index (χ2n) is 8.14. The molecule has 0 bridgehead atoms. The van der Waals surface area contributed by atoms with Gasteiger partial charge in [-0.3, -0.25) is 20.2 Å². The van der Waals surface area contributed by atoms with Crippen molar-refractivity contribution in [2.24, 2.45) is 0 Å². The van der Waals surface area contributed by atoms with Crippen LogP contribution in [0.25, 0.3) is 5.03 Å². The van der Waals surface area contributed by atoms with Crippen molar-refractivity contribution < 1.29 is 54.1 Å². The Hall–Kier alpha value is -3.29. The lowest BCUT2D eigenvalue weighted by Gasteiger charge is -2.47. The van der Waals surface area contributed by atoms with Gasteiger partial charge in [0.25, 0.3) is 20.4 Å². The third-order valence-electron chi connectivity index (χ3n) is 4.86. The quantitative estimate of drug-likeness (QED) is 0.145. The molecule has 0 atom stereocenters. The molecule has 21 heteroatoms. The van der Waals surface area contributed by atoms with E-state index in [1.54, 1.807) is 0 Å². The molecule has 0 heterocycles. The van der Waals surface area contributed by atoms with E-state index in [1.807, 2.05) is 0 Å². The summed E-state index contributed by atoms with van der Waals surface area (Å²) in [6.45, 7) is 0. The van der Waals surface area contributed by atoms with Gasteiger partial charge < -0.3 is 0 Å². The Bertz CT molecular complexity index is 1560. The standard InChI is InChI=1S/C15H9ClF7NO2S.C6H4ClF4NO2S/c16-14(10-1-3-11(4-2-10)15(17,18)19)9-27(20,21,22,23)13-7-5-12(6-8-13)24(25)26;7-15(8,9,10,11)6-3-1-5(2-4-6)12(13)14/h1-9H;1-4H/b14-9+;. The highest BCUT2D eigenvalue weighted by atomic mass is 35.7. The van der Waals surface area contributed by atoms with Crippen LogP contribution in [-0.4, -0.2) is 9.85 Å². The monoisotopic (exact) mass is 700 g/mol. The number of rotatable bonds is 6. The minimum absolute atomic E-state index is 0.201. The van der Waals surface area contributed by atoms with Crippen LogP contribution in [0.15, 0.2) is 88.0 Å². The molecule has 0 unspecified atom stereocenters. The minimum atomic E-state index is -9.11. The number of nitrogens with zero attached hydrogens (tertiary/aromatic N) is 2. The summed E-state index contributed by atoms with van der Waals surface area (Å²) in [4.78, 5) is 15.3. The topological polar surface area (TPSA) is 86.3 Å². The van der Waals surface area contributed by atoms with E-state index < -0.39 is 77.6 Å². The van der Waals surface area contributed by atoms with Gasteiger partial charge >= 0.3 is 6.18 Å². The molecule has 234 valence electrons. The van der Waals surface area contributed by atoms with Crippen LogP contribution in [0.3, 0.4) is 0 Å².